The average molecular weight is 208 g/mol. The SMILES string of the molecule is NCCCCCCNC(=O)SS. The second kappa shape index (κ2) is 9.22. The van der Waals surface area contributed by atoms with Gasteiger partial charge in [-0.2, -0.15) is 0 Å². The fraction of sp³-hybridized carbons (Fsp3) is 0.857. The number of rotatable bonds is 6. The highest BCUT2D eigenvalue weighted by Crippen LogP contribution is 2.05. The zero-order valence-electron chi connectivity index (χ0n) is 7.08. The van der Waals surface area contributed by atoms with E-state index in [9.17, 15) is 4.79 Å². The summed E-state index contributed by atoms with van der Waals surface area (Å²) in [5.74, 6) is 0. The Labute approximate surface area is 82.7 Å². The Morgan fingerprint density at radius 3 is 2.58 bits per heavy atom. The van der Waals surface area contributed by atoms with Gasteiger partial charge in [0.25, 0.3) is 5.24 Å². The molecule has 0 atom stereocenters. The van der Waals surface area contributed by atoms with Crippen LogP contribution in [0.3, 0.4) is 0 Å². The molecule has 0 fully saturated rings. The summed E-state index contributed by atoms with van der Waals surface area (Å²) in [6, 6.07) is 0. The minimum atomic E-state index is -0.0721. The van der Waals surface area contributed by atoms with E-state index in [0.29, 0.717) is 0 Å². The van der Waals surface area contributed by atoms with Crippen LogP contribution in [-0.4, -0.2) is 18.3 Å². The molecule has 12 heavy (non-hydrogen) atoms. The molecule has 0 aromatic rings. The normalized spacial score (nSPS) is 9.83. The van der Waals surface area contributed by atoms with Crippen LogP contribution in [0.2, 0.25) is 0 Å². The number of hydrogen-bond acceptors (Lipinski definition) is 4. The molecule has 3 N–H and O–H groups in total. The van der Waals surface area contributed by atoms with E-state index in [4.69, 9.17) is 5.73 Å². The van der Waals surface area contributed by atoms with Gasteiger partial charge in [0.05, 0.1) is 0 Å². The van der Waals surface area contributed by atoms with Crippen molar-refractivity contribution in [2.75, 3.05) is 13.1 Å². The minimum Gasteiger partial charge on any atom is -0.346 e. The van der Waals surface area contributed by atoms with Crippen molar-refractivity contribution in [3.05, 3.63) is 0 Å². The molecule has 5 heteroatoms. The first-order chi connectivity index (χ1) is 5.81. The lowest BCUT2D eigenvalue weighted by Crippen LogP contribution is -2.18. The van der Waals surface area contributed by atoms with Crippen molar-refractivity contribution in [3.8, 4) is 0 Å². The van der Waals surface area contributed by atoms with Gasteiger partial charge in [-0.05, 0) is 19.4 Å². The quantitative estimate of drug-likeness (QED) is 0.354. The highest BCUT2D eigenvalue weighted by Gasteiger charge is 1.95. The number of nitrogens with two attached hydrogens (primary N) is 1. The monoisotopic (exact) mass is 208 g/mol. The lowest BCUT2D eigenvalue weighted by Gasteiger charge is -2.01. The van der Waals surface area contributed by atoms with Crippen LogP contribution in [0.15, 0.2) is 0 Å². The molecule has 0 aliphatic rings. The van der Waals surface area contributed by atoms with E-state index in [1.807, 2.05) is 0 Å². The molecule has 0 radical (unpaired) electrons. The Morgan fingerprint density at radius 2 is 2.00 bits per heavy atom. The molecule has 3 nitrogen and oxygen atoms in total. The predicted octanol–water partition coefficient (Wildman–Crippen LogP) is 1.79. The number of thiol groups is 1. The summed E-state index contributed by atoms with van der Waals surface area (Å²) in [6.07, 6.45) is 4.39. The van der Waals surface area contributed by atoms with E-state index < -0.39 is 0 Å². The largest absolute Gasteiger partial charge is 0.346 e. The van der Waals surface area contributed by atoms with Crippen LogP contribution in [-0.2, 0) is 0 Å². The van der Waals surface area contributed by atoms with E-state index in [2.05, 4.69) is 17.0 Å². The number of carbonyl (C=O) groups excluding carboxylic acids is 1. The summed E-state index contributed by atoms with van der Waals surface area (Å²) in [6.45, 7) is 1.51. The number of hydrogen-bond donors (Lipinski definition) is 3. The van der Waals surface area contributed by atoms with Crippen molar-refractivity contribution in [2.45, 2.75) is 25.7 Å². The van der Waals surface area contributed by atoms with Crippen molar-refractivity contribution in [1.82, 2.24) is 5.32 Å². The van der Waals surface area contributed by atoms with Crippen LogP contribution >= 0.6 is 22.5 Å². The molecule has 0 aliphatic carbocycles. The topological polar surface area (TPSA) is 55.1 Å². The van der Waals surface area contributed by atoms with Crippen molar-refractivity contribution in [2.24, 2.45) is 5.73 Å². The van der Waals surface area contributed by atoms with Gasteiger partial charge in [-0.3, -0.25) is 4.79 Å². The number of unbranched alkanes of at least 4 members (excludes halogenated alkanes) is 3. The summed E-state index contributed by atoms with van der Waals surface area (Å²) < 4.78 is 0. The highest BCUT2D eigenvalue weighted by molar-refractivity contribution is 8.74. The summed E-state index contributed by atoms with van der Waals surface area (Å²) in [5, 5.41) is 2.65. The fourth-order valence-corrected chi connectivity index (χ4v) is 1.21. The van der Waals surface area contributed by atoms with Gasteiger partial charge in [0.15, 0.2) is 0 Å². The van der Waals surface area contributed by atoms with Crippen LogP contribution in [0.1, 0.15) is 25.7 Å². The molecule has 0 aromatic carbocycles. The number of amides is 1. The Morgan fingerprint density at radius 1 is 1.33 bits per heavy atom. The third-order valence-corrected chi connectivity index (χ3v) is 2.29. The van der Waals surface area contributed by atoms with Gasteiger partial charge in [0, 0.05) is 17.3 Å². The van der Waals surface area contributed by atoms with E-state index in [-0.39, 0.29) is 5.24 Å². The van der Waals surface area contributed by atoms with Gasteiger partial charge in [-0.1, -0.05) is 12.8 Å². The first-order valence-corrected chi connectivity index (χ1v) is 5.97. The van der Waals surface area contributed by atoms with Crippen LogP contribution in [0, 0.1) is 0 Å². The summed E-state index contributed by atoms with van der Waals surface area (Å²) >= 11 is 3.76. The fourth-order valence-electron chi connectivity index (χ4n) is 0.846. The summed E-state index contributed by atoms with van der Waals surface area (Å²) in [7, 11) is 0.918. The number of carbonyl (C=O) groups is 1. The minimum absolute atomic E-state index is 0.0721. The maximum absolute atomic E-state index is 10.7. The van der Waals surface area contributed by atoms with E-state index in [0.717, 1.165) is 49.6 Å². The Balaban J connectivity index is 2.95. The van der Waals surface area contributed by atoms with Crippen LogP contribution < -0.4 is 11.1 Å². The zero-order valence-corrected chi connectivity index (χ0v) is 8.79. The molecule has 0 saturated heterocycles. The third-order valence-electron chi connectivity index (χ3n) is 1.48. The molecule has 0 aliphatic heterocycles. The average Bonchev–Trinajstić information content (AvgIpc) is 2.10. The Bertz CT molecular complexity index is 122. The highest BCUT2D eigenvalue weighted by atomic mass is 33.1. The molecule has 0 saturated carbocycles. The molecule has 0 bridgehead atoms. The van der Waals surface area contributed by atoms with Crippen molar-refractivity contribution in [1.29, 1.82) is 0 Å². The molecule has 72 valence electrons. The molecule has 0 rings (SSSR count). The van der Waals surface area contributed by atoms with Gasteiger partial charge < -0.3 is 11.1 Å². The molecular formula is C7H16N2OS2. The van der Waals surface area contributed by atoms with Crippen molar-refractivity contribution in [3.63, 3.8) is 0 Å². The van der Waals surface area contributed by atoms with E-state index >= 15 is 0 Å². The molecule has 0 heterocycles. The maximum Gasteiger partial charge on any atom is 0.289 e. The zero-order chi connectivity index (χ0) is 9.23. The van der Waals surface area contributed by atoms with Gasteiger partial charge in [-0.15, -0.1) is 11.7 Å². The van der Waals surface area contributed by atoms with Crippen LogP contribution in [0.25, 0.3) is 0 Å². The Hall–Kier alpha value is 0.130. The van der Waals surface area contributed by atoms with Gasteiger partial charge >= 0.3 is 0 Å². The standard InChI is InChI=1S/C7H16N2OS2/c8-5-3-1-2-4-6-9-7(10)12-11/h11H,1-6,8H2,(H,9,10). The number of nitrogens with one attached hydrogen (secondary N) is 1. The second-order valence-corrected chi connectivity index (χ2v) is 3.61. The van der Waals surface area contributed by atoms with Crippen LogP contribution in [0.5, 0.6) is 0 Å². The van der Waals surface area contributed by atoms with Gasteiger partial charge in [0.2, 0.25) is 0 Å². The van der Waals surface area contributed by atoms with Gasteiger partial charge in [-0.25, -0.2) is 0 Å². The smallest absolute Gasteiger partial charge is 0.289 e. The predicted molar refractivity (Wildman–Crippen MR) is 57.5 cm³/mol. The molecule has 1 amide bonds. The lowest BCUT2D eigenvalue weighted by atomic mass is 10.2. The maximum atomic E-state index is 10.7. The molecular weight excluding hydrogens is 192 g/mol. The Kier molecular flexibility index (Phi) is 9.32. The van der Waals surface area contributed by atoms with Crippen molar-refractivity contribution < 1.29 is 4.79 Å². The molecule has 0 aromatic heterocycles. The first kappa shape index (κ1) is 12.1. The van der Waals surface area contributed by atoms with E-state index in [1.54, 1.807) is 0 Å². The summed E-state index contributed by atoms with van der Waals surface area (Å²) in [5.41, 5.74) is 5.33. The van der Waals surface area contributed by atoms with Gasteiger partial charge in [0.1, 0.15) is 0 Å². The van der Waals surface area contributed by atoms with E-state index in [1.165, 1.54) is 0 Å². The van der Waals surface area contributed by atoms with Crippen molar-refractivity contribution >= 4 is 27.7 Å². The second-order valence-electron chi connectivity index (χ2n) is 2.51. The summed E-state index contributed by atoms with van der Waals surface area (Å²) in [4.78, 5) is 10.7. The van der Waals surface area contributed by atoms with Crippen LogP contribution in [0.4, 0.5) is 4.79 Å². The molecule has 0 spiro atoms. The third kappa shape index (κ3) is 8.23. The molecule has 0 unspecified atom stereocenters. The first-order valence-electron chi connectivity index (χ1n) is 4.10. The lowest BCUT2D eigenvalue weighted by molar-refractivity contribution is 0.260.